The minimum atomic E-state index is -0.488. The standard InChI is InChI=1S/C29H33NO5/c1-6-34-23-13-9-20(10-14-23)27-26(29(32)35-17(2)3)18(4)30-24-15-21(16-25(31)28(24)27)19-7-11-22(33-5)12-8-19/h7-14,17,21,27,30H,6,15-16H2,1-5H3/t21-,27+/m0/s1. The van der Waals surface area contributed by atoms with Gasteiger partial charge >= 0.3 is 5.97 Å². The van der Waals surface area contributed by atoms with Crippen LogP contribution in [0, 0.1) is 0 Å². The van der Waals surface area contributed by atoms with Gasteiger partial charge in [0.05, 0.1) is 25.4 Å². The maximum absolute atomic E-state index is 13.7. The summed E-state index contributed by atoms with van der Waals surface area (Å²) in [5.41, 5.74) is 4.69. The first-order valence-electron chi connectivity index (χ1n) is 12.1. The number of dihydropyridines is 1. The molecule has 0 spiro atoms. The third-order valence-corrected chi connectivity index (χ3v) is 6.50. The van der Waals surface area contributed by atoms with Crippen LogP contribution in [0.3, 0.4) is 0 Å². The van der Waals surface area contributed by atoms with Crippen LogP contribution in [0.5, 0.6) is 11.5 Å². The summed E-state index contributed by atoms with van der Waals surface area (Å²) in [6.45, 7) is 8.03. The average Bonchev–Trinajstić information content (AvgIpc) is 2.83. The molecule has 0 saturated heterocycles. The van der Waals surface area contributed by atoms with Crippen LogP contribution in [0.15, 0.2) is 71.1 Å². The minimum Gasteiger partial charge on any atom is -0.497 e. The molecule has 1 N–H and O–H groups in total. The van der Waals surface area contributed by atoms with Gasteiger partial charge in [0.15, 0.2) is 5.78 Å². The van der Waals surface area contributed by atoms with Gasteiger partial charge in [-0.2, -0.15) is 0 Å². The lowest BCUT2D eigenvalue weighted by Crippen LogP contribution is -2.36. The number of hydrogen-bond donors (Lipinski definition) is 1. The lowest BCUT2D eigenvalue weighted by atomic mass is 9.71. The van der Waals surface area contributed by atoms with Crippen molar-refractivity contribution in [2.24, 2.45) is 0 Å². The number of carbonyl (C=O) groups excluding carboxylic acids is 2. The number of methoxy groups -OCH3 is 1. The van der Waals surface area contributed by atoms with Crippen LogP contribution in [0.4, 0.5) is 0 Å². The first-order valence-corrected chi connectivity index (χ1v) is 12.1. The van der Waals surface area contributed by atoms with E-state index in [0.29, 0.717) is 30.6 Å². The first-order chi connectivity index (χ1) is 16.8. The van der Waals surface area contributed by atoms with Gasteiger partial charge in [-0.05, 0) is 75.4 Å². The number of allylic oxidation sites excluding steroid dienone is 3. The van der Waals surface area contributed by atoms with Crippen molar-refractivity contribution in [1.29, 1.82) is 0 Å². The molecule has 0 radical (unpaired) electrons. The molecule has 1 heterocycles. The fraction of sp³-hybridized carbons (Fsp3) is 0.379. The van der Waals surface area contributed by atoms with Crippen LogP contribution >= 0.6 is 0 Å². The molecule has 1 aliphatic carbocycles. The second kappa shape index (κ2) is 10.4. The summed E-state index contributed by atoms with van der Waals surface area (Å²) in [5, 5.41) is 3.39. The maximum Gasteiger partial charge on any atom is 0.337 e. The SMILES string of the molecule is CCOc1ccc([C@@H]2C(C(=O)OC(C)C)=C(C)NC3=C2C(=O)C[C@@H](c2ccc(OC)cc2)C3)cc1. The maximum atomic E-state index is 13.7. The van der Waals surface area contributed by atoms with E-state index in [2.05, 4.69) is 5.32 Å². The Morgan fingerprint density at radius 3 is 2.23 bits per heavy atom. The Morgan fingerprint density at radius 2 is 1.63 bits per heavy atom. The lowest BCUT2D eigenvalue weighted by molar-refractivity contribution is -0.143. The van der Waals surface area contributed by atoms with Gasteiger partial charge in [-0.15, -0.1) is 0 Å². The Balaban J connectivity index is 1.75. The highest BCUT2D eigenvalue weighted by molar-refractivity contribution is 6.04. The summed E-state index contributed by atoms with van der Waals surface area (Å²) < 4.78 is 16.5. The molecule has 0 saturated carbocycles. The van der Waals surface area contributed by atoms with E-state index in [1.54, 1.807) is 7.11 Å². The molecule has 2 atom stereocenters. The third-order valence-electron chi connectivity index (χ3n) is 6.50. The molecule has 2 aromatic carbocycles. The Hall–Kier alpha value is -3.54. The van der Waals surface area contributed by atoms with Gasteiger partial charge in [-0.3, -0.25) is 4.79 Å². The summed E-state index contributed by atoms with van der Waals surface area (Å²) in [5.74, 6) is 0.742. The molecule has 0 amide bonds. The number of esters is 1. The predicted molar refractivity (Wildman–Crippen MR) is 134 cm³/mol. The zero-order valence-corrected chi connectivity index (χ0v) is 21.0. The normalized spacial score (nSPS) is 19.9. The highest BCUT2D eigenvalue weighted by Gasteiger charge is 2.41. The number of ether oxygens (including phenoxy) is 3. The number of Topliss-reactive ketones (excluding diaryl/α,β-unsaturated/α-hetero) is 1. The van der Waals surface area contributed by atoms with Gasteiger partial charge < -0.3 is 19.5 Å². The summed E-state index contributed by atoms with van der Waals surface area (Å²) in [7, 11) is 1.64. The Morgan fingerprint density at radius 1 is 1.00 bits per heavy atom. The molecule has 0 fully saturated rings. The van der Waals surface area contributed by atoms with Crippen molar-refractivity contribution in [3.63, 3.8) is 0 Å². The molecule has 6 nitrogen and oxygen atoms in total. The molecule has 0 unspecified atom stereocenters. The largest absolute Gasteiger partial charge is 0.497 e. The fourth-order valence-electron chi connectivity index (χ4n) is 4.96. The zero-order valence-electron chi connectivity index (χ0n) is 21.0. The van der Waals surface area contributed by atoms with Crippen LogP contribution in [0.1, 0.15) is 63.5 Å². The molecule has 2 aromatic rings. The topological polar surface area (TPSA) is 73.9 Å². The number of nitrogens with one attached hydrogen (secondary N) is 1. The van der Waals surface area contributed by atoms with E-state index < -0.39 is 11.9 Å². The van der Waals surface area contributed by atoms with Gasteiger partial charge in [0.2, 0.25) is 0 Å². The molecule has 35 heavy (non-hydrogen) atoms. The van der Waals surface area contributed by atoms with Gasteiger partial charge in [0.1, 0.15) is 11.5 Å². The van der Waals surface area contributed by atoms with E-state index in [4.69, 9.17) is 14.2 Å². The van der Waals surface area contributed by atoms with E-state index in [1.807, 2.05) is 76.2 Å². The monoisotopic (exact) mass is 475 g/mol. The van der Waals surface area contributed by atoms with Crippen molar-refractivity contribution in [3.8, 4) is 11.5 Å². The first kappa shape index (κ1) is 24.6. The number of hydrogen-bond acceptors (Lipinski definition) is 6. The van der Waals surface area contributed by atoms with Gasteiger partial charge in [-0.25, -0.2) is 4.79 Å². The molecular weight excluding hydrogens is 442 g/mol. The molecule has 0 bridgehead atoms. The number of ketones is 1. The lowest BCUT2D eigenvalue weighted by Gasteiger charge is -2.37. The third kappa shape index (κ3) is 5.11. The van der Waals surface area contributed by atoms with Gasteiger partial charge in [0.25, 0.3) is 0 Å². The highest BCUT2D eigenvalue weighted by atomic mass is 16.5. The second-order valence-corrected chi connectivity index (χ2v) is 9.25. The Kier molecular flexibility index (Phi) is 7.29. The van der Waals surface area contributed by atoms with Gasteiger partial charge in [0, 0.05) is 29.3 Å². The van der Waals surface area contributed by atoms with Crippen LogP contribution in [-0.2, 0) is 14.3 Å². The number of carbonyl (C=O) groups is 2. The highest BCUT2D eigenvalue weighted by Crippen LogP contribution is 2.46. The van der Waals surface area contributed by atoms with Gasteiger partial charge in [-0.1, -0.05) is 24.3 Å². The number of rotatable bonds is 7. The molecular formula is C29H33NO5. The molecule has 6 heteroatoms. The minimum absolute atomic E-state index is 0.0424. The van der Waals surface area contributed by atoms with Crippen LogP contribution < -0.4 is 14.8 Å². The Labute approximate surface area is 207 Å². The van der Waals surface area contributed by atoms with Crippen molar-refractivity contribution in [2.75, 3.05) is 13.7 Å². The van der Waals surface area contributed by atoms with Crippen molar-refractivity contribution in [1.82, 2.24) is 5.32 Å². The molecule has 0 aromatic heterocycles. The van der Waals surface area contributed by atoms with Crippen molar-refractivity contribution < 1.29 is 23.8 Å². The van der Waals surface area contributed by atoms with E-state index in [1.165, 1.54) is 0 Å². The summed E-state index contributed by atoms with van der Waals surface area (Å²) in [4.78, 5) is 26.9. The van der Waals surface area contributed by atoms with Crippen LogP contribution in [0.2, 0.25) is 0 Å². The van der Waals surface area contributed by atoms with E-state index in [0.717, 1.165) is 34.0 Å². The Bertz CT molecular complexity index is 1160. The van der Waals surface area contributed by atoms with Crippen molar-refractivity contribution in [3.05, 3.63) is 82.2 Å². The van der Waals surface area contributed by atoms with Crippen LogP contribution in [-0.4, -0.2) is 31.6 Å². The molecule has 1 aliphatic heterocycles. The van der Waals surface area contributed by atoms with Crippen molar-refractivity contribution >= 4 is 11.8 Å². The fourth-order valence-corrected chi connectivity index (χ4v) is 4.96. The van der Waals surface area contributed by atoms with E-state index in [-0.39, 0.29) is 17.8 Å². The second-order valence-electron chi connectivity index (χ2n) is 9.25. The molecule has 4 rings (SSSR count). The summed E-state index contributed by atoms with van der Waals surface area (Å²) in [6, 6.07) is 15.5. The van der Waals surface area contributed by atoms with Crippen LogP contribution in [0.25, 0.3) is 0 Å². The van der Waals surface area contributed by atoms with E-state index >= 15 is 0 Å². The molecule has 184 valence electrons. The average molecular weight is 476 g/mol. The smallest absolute Gasteiger partial charge is 0.337 e. The van der Waals surface area contributed by atoms with E-state index in [9.17, 15) is 9.59 Å². The quantitative estimate of drug-likeness (QED) is 0.540. The summed E-state index contributed by atoms with van der Waals surface area (Å²) in [6.07, 6.45) is 0.803. The zero-order chi connectivity index (χ0) is 25.1. The van der Waals surface area contributed by atoms with Crippen molar-refractivity contribution in [2.45, 2.75) is 58.5 Å². The summed E-state index contributed by atoms with van der Waals surface area (Å²) >= 11 is 0. The number of benzene rings is 2. The molecule has 2 aliphatic rings. The predicted octanol–water partition coefficient (Wildman–Crippen LogP) is 5.41.